The van der Waals surface area contributed by atoms with Crippen molar-refractivity contribution in [2.24, 2.45) is 0 Å². The molecule has 0 aromatic heterocycles. The first-order valence-electron chi connectivity index (χ1n) is 3.13. The molecule has 0 unspecified atom stereocenters. The van der Waals surface area contributed by atoms with Crippen LogP contribution in [0.25, 0.3) is 0 Å². The number of hydrogen-bond acceptors (Lipinski definition) is 4. The van der Waals surface area contributed by atoms with Gasteiger partial charge in [-0.3, -0.25) is 0 Å². The third-order valence-corrected chi connectivity index (χ3v) is 1.59. The summed E-state index contributed by atoms with van der Waals surface area (Å²) in [5, 5.41) is 26.4. The Balaban J connectivity index is 2.71. The van der Waals surface area contributed by atoms with E-state index in [2.05, 4.69) is 4.74 Å². The second-order valence-corrected chi connectivity index (χ2v) is 2.26. The molecule has 1 heterocycles. The Morgan fingerprint density at radius 2 is 2.18 bits per heavy atom. The molecule has 3 N–H and O–H groups in total. The molecule has 0 saturated carbocycles. The van der Waals surface area contributed by atoms with Gasteiger partial charge in [0.25, 0.3) is 0 Å². The van der Waals surface area contributed by atoms with Gasteiger partial charge in [-0.05, 0) is 0 Å². The molecule has 4 nitrogen and oxygen atoms in total. The molecule has 0 amide bonds. The number of hydrogen-bond donors (Lipinski definition) is 3. The van der Waals surface area contributed by atoms with Crippen molar-refractivity contribution in [2.75, 3.05) is 6.61 Å². The van der Waals surface area contributed by atoms with Gasteiger partial charge in [-0.15, -0.1) is 0 Å². The van der Waals surface area contributed by atoms with Crippen LogP contribution in [0.15, 0.2) is 11.9 Å². The van der Waals surface area contributed by atoms with Crippen LogP contribution in [0.3, 0.4) is 0 Å². The summed E-state index contributed by atoms with van der Waals surface area (Å²) in [6, 6.07) is 0. The molecule has 11 heavy (non-hydrogen) atoms. The second kappa shape index (κ2) is 3.27. The molecule has 1 rings (SSSR count). The zero-order chi connectivity index (χ0) is 8.43. The van der Waals surface area contributed by atoms with Crippen LogP contribution in [0.2, 0.25) is 0 Å². The molecule has 1 aliphatic rings. The van der Waals surface area contributed by atoms with Crippen LogP contribution in [-0.2, 0) is 4.74 Å². The minimum absolute atomic E-state index is 0.0883. The Labute approximate surface area is 62.5 Å². The molecule has 0 aromatic carbocycles. The largest absolute Gasteiger partial charge is 0.394 e. The monoisotopic (exact) mass is 164 g/mol. The van der Waals surface area contributed by atoms with E-state index in [0.717, 1.165) is 0 Å². The molecule has 0 radical (unpaired) electrons. The minimum atomic E-state index is -1.44. The standard InChI is InChI=1S/C6H9FO4/c7-1-3-5(9)4(2-8)11-6(3)10/h1,4-6,8-10H,2H2/b3-1+/t4-,5+,6-/m1/s1. The summed E-state index contributed by atoms with van der Waals surface area (Å²) in [4.78, 5) is 0. The van der Waals surface area contributed by atoms with Crippen molar-refractivity contribution in [3.8, 4) is 0 Å². The smallest absolute Gasteiger partial charge is 0.182 e. The predicted molar refractivity (Wildman–Crippen MR) is 33.2 cm³/mol. The highest BCUT2D eigenvalue weighted by atomic mass is 19.1. The van der Waals surface area contributed by atoms with Gasteiger partial charge in [0.15, 0.2) is 6.29 Å². The molecule has 1 fully saturated rings. The van der Waals surface area contributed by atoms with E-state index in [1.807, 2.05) is 0 Å². The van der Waals surface area contributed by atoms with E-state index < -0.39 is 25.1 Å². The average molecular weight is 164 g/mol. The van der Waals surface area contributed by atoms with Crippen molar-refractivity contribution >= 4 is 0 Å². The maximum Gasteiger partial charge on any atom is 0.182 e. The zero-order valence-electron chi connectivity index (χ0n) is 5.64. The van der Waals surface area contributed by atoms with E-state index in [1.54, 1.807) is 0 Å². The molecule has 1 aliphatic heterocycles. The highest BCUT2D eigenvalue weighted by Gasteiger charge is 2.37. The normalized spacial score (nSPS) is 41.8. The van der Waals surface area contributed by atoms with E-state index in [0.29, 0.717) is 0 Å². The number of aliphatic hydroxyl groups excluding tert-OH is 3. The Morgan fingerprint density at radius 1 is 1.55 bits per heavy atom. The van der Waals surface area contributed by atoms with Gasteiger partial charge in [0.2, 0.25) is 0 Å². The Kier molecular flexibility index (Phi) is 2.56. The lowest BCUT2D eigenvalue weighted by Gasteiger charge is -2.07. The van der Waals surface area contributed by atoms with E-state index in [4.69, 9.17) is 15.3 Å². The van der Waals surface area contributed by atoms with Crippen molar-refractivity contribution in [3.63, 3.8) is 0 Å². The van der Waals surface area contributed by atoms with E-state index in [1.165, 1.54) is 0 Å². The number of ether oxygens (including phenoxy) is 1. The lowest BCUT2D eigenvalue weighted by molar-refractivity contribution is -0.100. The van der Waals surface area contributed by atoms with Crippen LogP contribution >= 0.6 is 0 Å². The second-order valence-electron chi connectivity index (χ2n) is 2.26. The van der Waals surface area contributed by atoms with Crippen molar-refractivity contribution in [3.05, 3.63) is 11.9 Å². The van der Waals surface area contributed by atoms with Gasteiger partial charge in [-0.25, -0.2) is 4.39 Å². The van der Waals surface area contributed by atoms with Crippen LogP contribution in [0, 0.1) is 0 Å². The third kappa shape index (κ3) is 1.41. The van der Waals surface area contributed by atoms with Crippen LogP contribution < -0.4 is 0 Å². The third-order valence-electron chi connectivity index (χ3n) is 1.59. The molecular formula is C6H9FO4. The Morgan fingerprint density at radius 3 is 2.45 bits per heavy atom. The van der Waals surface area contributed by atoms with Gasteiger partial charge < -0.3 is 20.1 Å². The quantitative estimate of drug-likeness (QED) is 0.460. The molecule has 0 aromatic rings. The lowest BCUT2D eigenvalue weighted by atomic mass is 10.1. The van der Waals surface area contributed by atoms with Crippen molar-refractivity contribution in [1.29, 1.82) is 0 Å². The summed E-state index contributed by atoms with van der Waals surface area (Å²) in [7, 11) is 0. The molecule has 3 atom stereocenters. The molecule has 64 valence electrons. The maximum absolute atomic E-state index is 11.9. The first-order valence-corrected chi connectivity index (χ1v) is 3.13. The lowest BCUT2D eigenvalue weighted by Crippen LogP contribution is -2.25. The number of aliphatic hydroxyl groups is 3. The fraction of sp³-hybridized carbons (Fsp3) is 0.667. The van der Waals surface area contributed by atoms with Crippen molar-refractivity contribution in [1.82, 2.24) is 0 Å². The summed E-state index contributed by atoms with van der Waals surface area (Å²) in [6.07, 6.45) is -3.52. The van der Waals surface area contributed by atoms with Crippen LogP contribution in [0.1, 0.15) is 0 Å². The van der Waals surface area contributed by atoms with Crippen molar-refractivity contribution in [2.45, 2.75) is 18.5 Å². The Bertz CT molecular complexity index is 170. The maximum atomic E-state index is 11.9. The first-order chi connectivity index (χ1) is 5.20. The van der Waals surface area contributed by atoms with Crippen LogP contribution in [-0.4, -0.2) is 40.4 Å². The highest BCUT2D eigenvalue weighted by molar-refractivity contribution is 5.14. The van der Waals surface area contributed by atoms with Crippen LogP contribution in [0.5, 0.6) is 0 Å². The van der Waals surface area contributed by atoms with E-state index in [-0.39, 0.29) is 11.9 Å². The molecule has 1 saturated heterocycles. The first kappa shape index (κ1) is 8.61. The SMILES string of the molecule is OC[C@H]1O[C@@H](O)/C(=C/F)[C@@H]1O. The average Bonchev–Trinajstić information content (AvgIpc) is 2.26. The van der Waals surface area contributed by atoms with Gasteiger partial charge in [0, 0.05) is 5.57 Å². The Hall–Kier alpha value is -0.490. The summed E-state index contributed by atoms with van der Waals surface area (Å²) in [5.41, 5.74) is -0.246. The number of rotatable bonds is 1. The fourth-order valence-electron chi connectivity index (χ4n) is 0.941. The molecule has 5 heteroatoms. The minimum Gasteiger partial charge on any atom is -0.394 e. The molecule has 0 bridgehead atoms. The molecule has 0 aliphatic carbocycles. The topological polar surface area (TPSA) is 69.9 Å². The van der Waals surface area contributed by atoms with E-state index in [9.17, 15) is 4.39 Å². The van der Waals surface area contributed by atoms with Crippen LogP contribution in [0.4, 0.5) is 4.39 Å². The van der Waals surface area contributed by atoms with Gasteiger partial charge in [0.05, 0.1) is 12.9 Å². The molecular weight excluding hydrogens is 155 g/mol. The van der Waals surface area contributed by atoms with Gasteiger partial charge >= 0.3 is 0 Å². The summed E-state index contributed by atoms with van der Waals surface area (Å²) >= 11 is 0. The molecule has 0 spiro atoms. The highest BCUT2D eigenvalue weighted by Crippen LogP contribution is 2.24. The van der Waals surface area contributed by atoms with Gasteiger partial charge in [-0.1, -0.05) is 0 Å². The number of halogens is 1. The predicted octanol–water partition coefficient (Wildman–Crippen LogP) is -1.09. The summed E-state index contributed by atoms with van der Waals surface area (Å²) < 4.78 is 16.4. The van der Waals surface area contributed by atoms with E-state index >= 15 is 0 Å². The van der Waals surface area contributed by atoms with Crippen molar-refractivity contribution < 1.29 is 24.4 Å². The van der Waals surface area contributed by atoms with Gasteiger partial charge in [0.1, 0.15) is 12.2 Å². The fourth-order valence-corrected chi connectivity index (χ4v) is 0.941. The summed E-state index contributed by atoms with van der Waals surface area (Å²) in [6.45, 7) is -0.449. The zero-order valence-corrected chi connectivity index (χ0v) is 5.64. The summed E-state index contributed by atoms with van der Waals surface area (Å²) in [5.74, 6) is 0. The van der Waals surface area contributed by atoms with Gasteiger partial charge in [-0.2, -0.15) is 0 Å².